The summed E-state index contributed by atoms with van der Waals surface area (Å²) in [5.74, 6) is -0.428. The number of aryl methyl sites for hydroxylation is 1. The highest BCUT2D eigenvalue weighted by Gasteiger charge is 2.46. The Bertz CT molecular complexity index is 1010. The molecule has 0 bridgehead atoms. The van der Waals surface area contributed by atoms with Gasteiger partial charge in [-0.1, -0.05) is 18.2 Å². The number of likely N-dealkylation sites (tertiary alicyclic amines) is 1. The number of carbonyl (C=O) groups excluding carboxylic acids is 2. The molecule has 164 valence electrons. The maximum absolute atomic E-state index is 13.1. The largest absolute Gasteiger partial charge is 0.507 e. The van der Waals surface area contributed by atoms with Crippen molar-refractivity contribution in [2.45, 2.75) is 19.4 Å². The number of ether oxygens (including phenoxy) is 3. The molecule has 1 amide bonds. The van der Waals surface area contributed by atoms with Crippen LogP contribution in [0.3, 0.4) is 0 Å². The van der Waals surface area contributed by atoms with E-state index in [0.29, 0.717) is 42.2 Å². The molecule has 0 saturated carbocycles. The SMILES string of the molecule is COCCCN1C(=O)C(=O)C(=C(O)c2ccc(OC)cc2C)C1c1ccccc1OC. The number of nitrogens with zero attached hydrogens (tertiary/aromatic N) is 1. The normalized spacial score (nSPS) is 17.8. The molecule has 7 heteroatoms. The second-order valence-electron chi connectivity index (χ2n) is 7.26. The van der Waals surface area contributed by atoms with E-state index in [0.717, 1.165) is 5.56 Å². The number of ketones is 1. The predicted molar refractivity (Wildman–Crippen MR) is 116 cm³/mol. The summed E-state index contributed by atoms with van der Waals surface area (Å²) < 4.78 is 15.8. The van der Waals surface area contributed by atoms with Gasteiger partial charge in [-0.15, -0.1) is 0 Å². The van der Waals surface area contributed by atoms with Gasteiger partial charge in [-0.25, -0.2) is 0 Å². The summed E-state index contributed by atoms with van der Waals surface area (Å²) >= 11 is 0. The van der Waals surface area contributed by atoms with Crippen LogP contribution >= 0.6 is 0 Å². The van der Waals surface area contributed by atoms with E-state index in [1.54, 1.807) is 44.6 Å². The lowest BCUT2D eigenvalue weighted by atomic mass is 9.93. The molecule has 3 rings (SSSR count). The number of hydrogen-bond acceptors (Lipinski definition) is 6. The smallest absolute Gasteiger partial charge is 0.295 e. The molecule has 1 aliphatic heterocycles. The molecule has 1 fully saturated rings. The van der Waals surface area contributed by atoms with Crippen LogP contribution in [0.1, 0.15) is 29.2 Å². The maximum Gasteiger partial charge on any atom is 0.295 e. The molecule has 0 spiro atoms. The highest BCUT2D eigenvalue weighted by Crippen LogP contribution is 2.43. The van der Waals surface area contributed by atoms with E-state index in [4.69, 9.17) is 14.2 Å². The summed E-state index contributed by atoms with van der Waals surface area (Å²) in [6.07, 6.45) is 0.552. The Morgan fingerprint density at radius 2 is 1.81 bits per heavy atom. The van der Waals surface area contributed by atoms with Crippen LogP contribution in [0.2, 0.25) is 0 Å². The van der Waals surface area contributed by atoms with Gasteiger partial charge in [-0.3, -0.25) is 9.59 Å². The molecular formula is C24H27NO6. The second kappa shape index (κ2) is 9.66. The van der Waals surface area contributed by atoms with E-state index in [1.165, 1.54) is 12.0 Å². The summed E-state index contributed by atoms with van der Waals surface area (Å²) in [7, 11) is 4.67. The zero-order chi connectivity index (χ0) is 22.5. The first-order valence-electron chi connectivity index (χ1n) is 9.99. The molecule has 0 aromatic heterocycles. The molecule has 2 aromatic carbocycles. The van der Waals surface area contributed by atoms with E-state index in [1.807, 2.05) is 19.1 Å². The van der Waals surface area contributed by atoms with Gasteiger partial charge >= 0.3 is 0 Å². The molecule has 1 N–H and O–H groups in total. The van der Waals surface area contributed by atoms with Crippen LogP contribution in [0.15, 0.2) is 48.0 Å². The lowest BCUT2D eigenvalue weighted by Crippen LogP contribution is -2.31. The number of aliphatic hydroxyl groups excluding tert-OH is 1. The summed E-state index contributed by atoms with van der Waals surface area (Å²) in [6, 6.07) is 11.6. The highest BCUT2D eigenvalue weighted by atomic mass is 16.5. The van der Waals surface area contributed by atoms with Crippen LogP contribution in [0.25, 0.3) is 5.76 Å². The Balaban J connectivity index is 2.19. The van der Waals surface area contributed by atoms with Crippen molar-refractivity contribution in [1.29, 1.82) is 0 Å². The molecule has 1 heterocycles. The molecule has 1 unspecified atom stereocenters. The van der Waals surface area contributed by atoms with Crippen molar-refractivity contribution in [1.82, 2.24) is 4.90 Å². The van der Waals surface area contributed by atoms with Gasteiger partial charge < -0.3 is 24.2 Å². The minimum atomic E-state index is -0.769. The summed E-state index contributed by atoms with van der Waals surface area (Å²) in [5, 5.41) is 11.2. The summed E-state index contributed by atoms with van der Waals surface area (Å²) in [6.45, 7) is 2.56. The van der Waals surface area contributed by atoms with Crippen LogP contribution in [-0.4, -0.2) is 56.2 Å². The number of aliphatic hydroxyl groups is 1. The van der Waals surface area contributed by atoms with E-state index >= 15 is 0 Å². The van der Waals surface area contributed by atoms with Gasteiger partial charge in [0.2, 0.25) is 0 Å². The van der Waals surface area contributed by atoms with Crippen LogP contribution in [0, 0.1) is 6.92 Å². The third-order valence-corrected chi connectivity index (χ3v) is 5.41. The lowest BCUT2D eigenvalue weighted by molar-refractivity contribution is -0.140. The van der Waals surface area contributed by atoms with Crippen molar-refractivity contribution in [2.24, 2.45) is 0 Å². The Morgan fingerprint density at radius 1 is 1.06 bits per heavy atom. The number of para-hydroxylation sites is 1. The van der Waals surface area contributed by atoms with Gasteiger partial charge in [0, 0.05) is 31.4 Å². The average molecular weight is 425 g/mol. The predicted octanol–water partition coefficient (Wildman–Crippen LogP) is 3.47. The fraction of sp³-hybridized carbons (Fsp3) is 0.333. The summed E-state index contributed by atoms with van der Waals surface area (Å²) in [5.41, 5.74) is 1.87. The van der Waals surface area contributed by atoms with E-state index < -0.39 is 17.7 Å². The van der Waals surface area contributed by atoms with E-state index in [-0.39, 0.29) is 11.3 Å². The van der Waals surface area contributed by atoms with Gasteiger partial charge in [-0.2, -0.15) is 0 Å². The quantitative estimate of drug-likeness (QED) is 0.302. The second-order valence-corrected chi connectivity index (χ2v) is 7.26. The molecule has 31 heavy (non-hydrogen) atoms. The Morgan fingerprint density at radius 3 is 2.45 bits per heavy atom. The van der Waals surface area contributed by atoms with Gasteiger partial charge in [-0.05, 0) is 43.2 Å². The van der Waals surface area contributed by atoms with Gasteiger partial charge in [0.05, 0.1) is 25.8 Å². The van der Waals surface area contributed by atoms with Crippen molar-refractivity contribution in [2.75, 3.05) is 34.5 Å². The highest BCUT2D eigenvalue weighted by molar-refractivity contribution is 6.46. The van der Waals surface area contributed by atoms with Crippen molar-refractivity contribution in [3.05, 3.63) is 64.7 Å². The van der Waals surface area contributed by atoms with Gasteiger partial charge in [0.15, 0.2) is 0 Å². The van der Waals surface area contributed by atoms with Crippen molar-refractivity contribution in [3.63, 3.8) is 0 Å². The monoisotopic (exact) mass is 425 g/mol. The standard InChI is InChI=1S/C24H27NO6/c1-15-14-16(30-3)10-11-17(15)22(26)20-21(18-8-5-6-9-19(18)31-4)25(12-7-13-29-2)24(28)23(20)27/h5-6,8-11,14,21,26H,7,12-13H2,1-4H3. The number of benzene rings is 2. The Kier molecular flexibility index (Phi) is 6.97. The zero-order valence-electron chi connectivity index (χ0n) is 18.2. The number of carbonyl (C=O) groups is 2. The molecule has 2 aromatic rings. The first-order valence-corrected chi connectivity index (χ1v) is 9.99. The average Bonchev–Trinajstić information content (AvgIpc) is 3.03. The molecule has 1 aliphatic rings. The fourth-order valence-electron chi connectivity index (χ4n) is 3.88. The van der Waals surface area contributed by atoms with Crippen LogP contribution < -0.4 is 9.47 Å². The number of rotatable bonds is 8. The minimum Gasteiger partial charge on any atom is -0.507 e. The molecule has 1 saturated heterocycles. The Labute approximate surface area is 181 Å². The van der Waals surface area contributed by atoms with E-state index in [9.17, 15) is 14.7 Å². The Hall–Kier alpha value is -3.32. The van der Waals surface area contributed by atoms with Crippen LogP contribution in [-0.2, 0) is 14.3 Å². The van der Waals surface area contributed by atoms with Gasteiger partial charge in [0.25, 0.3) is 11.7 Å². The molecular weight excluding hydrogens is 398 g/mol. The number of Topliss-reactive ketones (excluding diaryl/α,β-unsaturated/α-hetero) is 1. The molecule has 1 atom stereocenters. The van der Waals surface area contributed by atoms with Gasteiger partial charge in [0.1, 0.15) is 17.3 Å². The van der Waals surface area contributed by atoms with Crippen LogP contribution in [0.5, 0.6) is 11.5 Å². The first-order chi connectivity index (χ1) is 14.9. The lowest BCUT2D eigenvalue weighted by Gasteiger charge is -2.26. The third kappa shape index (κ3) is 4.27. The van der Waals surface area contributed by atoms with Crippen LogP contribution in [0.4, 0.5) is 0 Å². The van der Waals surface area contributed by atoms with E-state index in [2.05, 4.69) is 0 Å². The van der Waals surface area contributed by atoms with Crippen molar-refractivity contribution >= 4 is 17.4 Å². The molecule has 0 aliphatic carbocycles. The zero-order valence-corrected chi connectivity index (χ0v) is 18.2. The topological polar surface area (TPSA) is 85.3 Å². The fourth-order valence-corrected chi connectivity index (χ4v) is 3.88. The number of methoxy groups -OCH3 is 3. The third-order valence-electron chi connectivity index (χ3n) is 5.41. The first kappa shape index (κ1) is 22.4. The van der Waals surface area contributed by atoms with Crippen molar-refractivity contribution < 1.29 is 28.9 Å². The number of amides is 1. The van der Waals surface area contributed by atoms with Crippen molar-refractivity contribution in [3.8, 4) is 11.5 Å². The minimum absolute atomic E-state index is 0.0418. The maximum atomic E-state index is 13.1. The molecule has 7 nitrogen and oxygen atoms in total. The molecule has 0 radical (unpaired) electrons. The number of hydrogen-bond donors (Lipinski definition) is 1. The summed E-state index contributed by atoms with van der Waals surface area (Å²) in [4.78, 5) is 27.5.